The van der Waals surface area contributed by atoms with Gasteiger partial charge in [-0.3, -0.25) is 5.84 Å². The zero-order valence-electron chi connectivity index (χ0n) is 12.1. The van der Waals surface area contributed by atoms with Crippen molar-refractivity contribution in [3.63, 3.8) is 0 Å². The van der Waals surface area contributed by atoms with E-state index >= 15 is 0 Å². The molecule has 2 atom stereocenters. The van der Waals surface area contributed by atoms with Gasteiger partial charge in [0, 0.05) is 24.8 Å². The lowest BCUT2D eigenvalue weighted by atomic mass is 10.0. The zero-order valence-corrected chi connectivity index (χ0v) is 12.1. The molecule has 22 heavy (non-hydrogen) atoms. The molecule has 0 bridgehead atoms. The molecule has 1 aromatic carbocycles. The van der Waals surface area contributed by atoms with Gasteiger partial charge in [0.25, 0.3) is 5.79 Å². The SMILES string of the molecule is COc1ccc(C2(O)OC(=O)/C=C/C(=O)OC2N(C)N)cc1. The number of carbonyl (C=O) groups is 2. The summed E-state index contributed by atoms with van der Waals surface area (Å²) in [5.74, 6) is 2.16. The second kappa shape index (κ2) is 6.14. The molecule has 1 aromatic rings. The molecule has 0 radical (unpaired) electrons. The third-order valence-electron chi connectivity index (χ3n) is 3.05. The van der Waals surface area contributed by atoms with Crippen molar-refractivity contribution in [3.8, 4) is 5.75 Å². The summed E-state index contributed by atoms with van der Waals surface area (Å²) in [5.41, 5.74) is 0.173. The molecule has 0 aliphatic carbocycles. The summed E-state index contributed by atoms with van der Waals surface area (Å²) >= 11 is 0. The second-order valence-electron chi connectivity index (χ2n) is 4.63. The van der Waals surface area contributed by atoms with E-state index in [9.17, 15) is 14.7 Å². The second-order valence-corrected chi connectivity index (χ2v) is 4.63. The molecule has 1 aliphatic heterocycles. The summed E-state index contributed by atoms with van der Waals surface area (Å²) in [6.07, 6.45) is 0.331. The van der Waals surface area contributed by atoms with Gasteiger partial charge in [-0.15, -0.1) is 0 Å². The van der Waals surface area contributed by atoms with Gasteiger partial charge in [-0.05, 0) is 24.3 Å². The van der Waals surface area contributed by atoms with Crippen molar-refractivity contribution in [1.82, 2.24) is 5.01 Å². The van der Waals surface area contributed by atoms with E-state index in [0.29, 0.717) is 5.75 Å². The molecule has 8 heteroatoms. The van der Waals surface area contributed by atoms with Gasteiger partial charge in [-0.1, -0.05) is 0 Å². The van der Waals surface area contributed by atoms with E-state index in [1.807, 2.05) is 0 Å². The predicted molar refractivity (Wildman–Crippen MR) is 74.0 cm³/mol. The normalized spacial score (nSPS) is 26.7. The molecule has 1 heterocycles. The van der Waals surface area contributed by atoms with Gasteiger partial charge in [-0.2, -0.15) is 0 Å². The number of hydrogen-bond acceptors (Lipinski definition) is 8. The highest BCUT2D eigenvalue weighted by atomic mass is 16.7. The summed E-state index contributed by atoms with van der Waals surface area (Å²) < 4.78 is 15.1. The standard InChI is InChI=1S/C14H16N2O6/c1-16(15)13-14(19,9-3-5-10(20-2)6-4-9)22-12(18)8-7-11(17)21-13/h3-8,13,19H,15H2,1-2H3/b8-7+. The van der Waals surface area contributed by atoms with Crippen molar-refractivity contribution in [2.45, 2.75) is 12.0 Å². The van der Waals surface area contributed by atoms with Gasteiger partial charge in [0.2, 0.25) is 6.23 Å². The maximum atomic E-state index is 11.7. The van der Waals surface area contributed by atoms with Gasteiger partial charge in [0.05, 0.1) is 7.11 Å². The fourth-order valence-corrected chi connectivity index (χ4v) is 1.99. The number of rotatable bonds is 3. The number of ether oxygens (including phenoxy) is 3. The first-order valence-electron chi connectivity index (χ1n) is 6.33. The van der Waals surface area contributed by atoms with Gasteiger partial charge >= 0.3 is 11.9 Å². The molecule has 2 unspecified atom stereocenters. The summed E-state index contributed by atoms with van der Waals surface area (Å²) in [6.45, 7) is 0. The zero-order chi connectivity index (χ0) is 16.3. The Labute approximate surface area is 126 Å². The molecular formula is C14H16N2O6. The third kappa shape index (κ3) is 3.08. The van der Waals surface area contributed by atoms with Crippen molar-refractivity contribution >= 4 is 11.9 Å². The highest BCUT2D eigenvalue weighted by Crippen LogP contribution is 2.32. The molecule has 2 rings (SSSR count). The maximum Gasteiger partial charge on any atom is 0.333 e. The van der Waals surface area contributed by atoms with Crippen molar-refractivity contribution in [3.05, 3.63) is 42.0 Å². The van der Waals surface area contributed by atoms with E-state index in [2.05, 4.69) is 0 Å². The van der Waals surface area contributed by atoms with Crippen LogP contribution >= 0.6 is 0 Å². The number of aliphatic hydroxyl groups is 1. The number of benzene rings is 1. The van der Waals surface area contributed by atoms with Crippen LogP contribution in [0.5, 0.6) is 5.75 Å². The van der Waals surface area contributed by atoms with Gasteiger partial charge in [0.15, 0.2) is 0 Å². The Morgan fingerprint density at radius 3 is 2.36 bits per heavy atom. The number of nitrogens with zero attached hydrogens (tertiary/aromatic N) is 1. The minimum Gasteiger partial charge on any atom is -0.497 e. The highest BCUT2D eigenvalue weighted by molar-refractivity contribution is 5.92. The quantitative estimate of drug-likeness (QED) is 0.442. The molecule has 0 saturated carbocycles. The molecule has 0 saturated heterocycles. The van der Waals surface area contributed by atoms with E-state index in [1.165, 1.54) is 26.3 Å². The van der Waals surface area contributed by atoms with Crippen LogP contribution in [0.2, 0.25) is 0 Å². The van der Waals surface area contributed by atoms with E-state index in [-0.39, 0.29) is 5.56 Å². The lowest BCUT2D eigenvalue weighted by Gasteiger charge is -2.38. The van der Waals surface area contributed by atoms with E-state index in [4.69, 9.17) is 20.1 Å². The molecule has 0 amide bonds. The molecule has 3 N–H and O–H groups in total. The number of methoxy groups -OCH3 is 1. The van der Waals surface area contributed by atoms with Crippen LogP contribution in [0.4, 0.5) is 0 Å². The average molecular weight is 308 g/mol. The van der Waals surface area contributed by atoms with Gasteiger partial charge in [0.1, 0.15) is 5.75 Å². The third-order valence-corrected chi connectivity index (χ3v) is 3.05. The number of cyclic esters (lactones) is 2. The van der Waals surface area contributed by atoms with E-state index in [0.717, 1.165) is 17.2 Å². The molecule has 0 aromatic heterocycles. The summed E-state index contributed by atoms with van der Waals surface area (Å²) in [7, 11) is 2.86. The first kappa shape index (κ1) is 16.0. The van der Waals surface area contributed by atoms with Crippen LogP contribution in [-0.2, 0) is 24.8 Å². The maximum absolute atomic E-state index is 11.7. The van der Waals surface area contributed by atoms with Crippen molar-refractivity contribution in [2.75, 3.05) is 14.2 Å². The number of hydrogen-bond donors (Lipinski definition) is 2. The number of hydrazine groups is 1. The smallest absolute Gasteiger partial charge is 0.333 e. The van der Waals surface area contributed by atoms with Gasteiger partial charge in [-0.25, -0.2) is 14.6 Å². The first-order valence-corrected chi connectivity index (χ1v) is 6.33. The van der Waals surface area contributed by atoms with Crippen molar-refractivity contribution in [1.29, 1.82) is 0 Å². The summed E-state index contributed by atoms with van der Waals surface area (Å²) in [4.78, 5) is 23.3. The summed E-state index contributed by atoms with van der Waals surface area (Å²) in [6, 6.07) is 6.07. The molecule has 0 spiro atoms. The Morgan fingerprint density at radius 1 is 1.23 bits per heavy atom. The average Bonchev–Trinajstić information content (AvgIpc) is 2.49. The number of nitrogens with two attached hydrogens (primary N) is 1. The number of esters is 2. The Hall–Kier alpha value is -2.42. The fourth-order valence-electron chi connectivity index (χ4n) is 1.99. The minimum atomic E-state index is -2.27. The van der Waals surface area contributed by atoms with Crippen molar-refractivity contribution < 1.29 is 28.9 Å². The van der Waals surface area contributed by atoms with Crippen LogP contribution in [0.25, 0.3) is 0 Å². The van der Waals surface area contributed by atoms with Crippen molar-refractivity contribution in [2.24, 2.45) is 5.84 Å². The Morgan fingerprint density at radius 2 is 1.82 bits per heavy atom. The molecular weight excluding hydrogens is 292 g/mol. The molecule has 0 fully saturated rings. The van der Waals surface area contributed by atoms with Crippen LogP contribution in [0.3, 0.4) is 0 Å². The van der Waals surface area contributed by atoms with Crippen LogP contribution in [0, 0.1) is 0 Å². The van der Waals surface area contributed by atoms with Crippen LogP contribution < -0.4 is 10.6 Å². The van der Waals surface area contributed by atoms with Crippen LogP contribution in [-0.4, -0.2) is 42.4 Å². The van der Waals surface area contributed by atoms with Crippen LogP contribution in [0.1, 0.15) is 5.56 Å². The number of likely N-dealkylation sites (N-methyl/N-ethyl adjacent to an activating group) is 1. The monoisotopic (exact) mass is 308 g/mol. The van der Waals surface area contributed by atoms with Crippen LogP contribution in [0.15, 0.2) is 36.4 Å². The molecule has 118 valence electrons. The number of carbonyl (C=O) groups excluding carboxylic acids is 2. The molecule has 8 nitrogen and oxygen atoms in total. The lowest BCUT2D eigenvalue weighted by molar-refractivity contribution is -0.287. The predicted octanol–water partition coefficient (Wildman–Crippen LogP) is -0.372. The Kier molecular flexibility index (Phi) is 4.45. The van der Waals surface area contributed by atoms with E-state index in [1.54, 1.807) is 12.1 Å². The molecule has 1 aliphatic rings. The highest BCUT2D eigenvalue weighted by Gasteiger charge is 2.48. The Balaban J connectivity index is 2.49. The fraction of sp³-hybridized carbons (Fsp3) is 0.286. The topological polar surface area (TPSA) is 111 Å². The minimum absolute atomic E-state index is 0.173. The van der Waals surface area contributed by atoms with Gasteiger partial charge < -0.3 is 19.3 Å². The van der Waals surface area contributed by atoms with E-state index < -0.39 is 24.0 Å². The lowest BCUT2D eigenvalue weighted by Crippen LogP contribution is -2.56. The largest absolute Gasteiger partial charge is 0.497 e. The Bertz CT molecular complexity index is 598. The first-order chi connectivity index (χ1) is 10.4. The summed E-state index contributed by atoms with van der Waals surface area (Å²) in [5, 5.41) is 11.8.